The number of ether oxygens (including phenoxy) is 1. The minimum atomic E-state index is -0.255. The Hall–Kier alpha value is -2.38. The first-order valence-corrected chi connectivity index (χ1v) is 8.06. The van der Waals surface area contributed by atoms with Gasteiger partial charge < -0.3 is 10.5 Å². The van der Waals surface area contributed by atoms with Gasteiger partial charge in [0.15, 0.2) is 0 Å². The highest BCUT2D eigenvalue weighted by Gasteiger charge is 2.28. The summed E-state index contributed by atoms with van der Waals surface area (Å²) in [5, 5.41) is 9.42. The highest BCUT2D eigenvalue weighted by Crippen LogP contribution is 2.29. The zero-order valence-electron chi connectivity index (χ0n) is 13.2. The van der Waals surface area contributed by atoms with E-state index in [4.69, 9.17) is 10.5 Å². The fourth-order valence-corrected chi connectivity index (χ4v) is 3.09. The topological polar surface area (TPSA) is 71.9 Å². The predicted molar refractivity (Wildman–Crippen MR) is 89.9 cm³/mol. The van der Waals surface area contributed by atoms with Crippen LogP contribution < -0.4 is 10.5 Å². The Morgan fingerprint density at radius 2 is 1.83 bits per heavy atom. The van der Waals surface area contributed by atoms with Gasteiger partial charge in [-0.1, -0.05) is 25.3 Å². The van der Waals surface area contributed by atoms with Crippen molar-refractivity contribution in [2.75, 3.05) is 6.61 Å². The summed E-state index contributed by atoms with van der Waals surface area (Å²) in [5.74, 6) is 0.612. The first-order chi connectivity index (χ1) is 11.2. The smallest absolute Gasteiger partial charge is 0.137 e. The highest BCUT2D eigenvalue weighted by atomic mass is 16.5. The molecule has 2 N–H and O–H groups in total. The second-order valence-electron chi connectivity index (χ2n) is 6.27. The molecule has 0 atom stereocenters. The SMILES string of the molecule is N#Cc1cc(-c2ccncc2)ccc1OCC1(N)CCCCC1. The van der Waals surface area contributed by atoms with Crippen LogP contribution >= 0.6 is 0 Å². The average molecular weight is 307 g/mol. The van der Waals surface area contributed by atoms with Crippen molar-refractivity contribution in [1.82, 2.24) is 4.98 Å². The van der Waals surface area contributed by atoms with Crippen molar-refractivity contribution < 1.29 is 4.74 Å². The minimum absolute atomic E-state index is 0.255. The van der Waals surface area contributed by atoms with E-state index in [1.807, 2.05) is 30.3 Å². The van der Waals surface area contributed by atoms with Crippen LogP contribution in [0.4, 0.5) is 0 Å². The van der Waals surface area contributed by atoms with Crippen LogP contribution in [-0.2, 0) is 0 Å². The van der Waals surface area contributed by atoms with Gasteiger partial charge in [-0.25, -0.2) is 0 Å². The Bertz CT molecular complexity index is 700. The van der Waals surface area contributed by atoms with E-state index in [0.29, 0.717) is 17.9 Å². The lowest BCUT2D eigenvalue weighted by Gasteiger charge is -2.33. The molecular formula is C19H21N3O. The lowest BCUT2D eigenvalue weighted by molar-refractivity contribution is 0.173. The molecule has 118 valence electrons. The summed E-state index contributed by atoms with van der Waals surface area (Å²) in [6.07, 6.45) is 9.04. The molecule has 23 heavy (non-hydrogen) atoms. The van der Waals surface area contributed by atoms with Gasteiger partial charge in [0.2, 0.25) is 0 Å². The third kappa shape index (κ3) is 3.69. The molecular weight excluding hydrogens is 286 g/mol. The van der Waals surface area contributed by atoms with E-state index in [1.165, 1.54) is 6.42 Å². The Morgan fingerprint density at radius 3 is 2.52 bits per heavy atom. The molecule has 3 rings (SSSR count). The maximum absolute atomic E-state index is 9.42. The molecule has 1 aromatic heterocycles. The van der Waals surface area contributed by atoms with Gasteiger partial charge in [-0.2, -0.15) is 5.26 Å². The van der Waals surface area contributed by atoms with E-state index >= 15 is 0 Å². The summed E-state index contributed by atoms with van der Waals surface area (Å²) in [6.45, 7) is 0.469. The molecule has 0 spiro atoms. The standard InChI is InChI=1S/C19H21N3O/c20-13-17-12-16(15-6-10-22-11-7-15)4-5-18(17)23-14-19(21)8-2-1-3-9-19/h4-7,10-12H,1-3,8-9,14,21H2. The average Bonchev–Trinajstić information content (AvgIpc) is 2.61. The Balaban J connectivity index is 1.77. The van der Waals surface area contributed by atoms with Gasteiger partial charge in [-0.15, -0.1) is 0 Å². The van der Waals surface area contributed by atoms with Gasteiger partial charge in [-0.3, -0.25) is 4.98 Å². The Morgan fingerprint density at radius 1 is 1.09 bits per heavy atom. The van der Waals surface area contributed by atoms with Gasteiger partial charge in [0.1, 0.15) is 18.4 Å². The summed E-state index contributed by atoms with van der Waals surface area (Å²) in [6, 6.07) is 11.8. The Labute approximate surface area is 136 Å². The summed E-state index contributed by atoms with van der Waals surface area (Å²) in [5.41, 5.74) is 8.71. The summed E-state index contributed by atoms with van der Waals surface area (Å²) < 4.78 is 5.90. The van der Waals surface area contributed by atoms with E-state index in [9.17, 15) is 5.26 Å². The quantitative estimate of drug-likeness (QED) is 0.935. The lowest BCUT2D eigenvalue weighted by atomic mass is 9.83. The maximum atomic E-state index is 9.42. The van der Waals surface area contributed by atoms with Crippen LogP contribution in [0.3, 0.4) is 0 Å². The number of hydrogen-bond acceptors (Lipinski definition) is 4. The third-order valence-corrected chi connectivity index (χ3v) is 4.48. The molecule has 0 amide bonds. The highest BCUT2D eigenvalue weighted by molar-refractivity contribution is 5.66. The van der Waals surface area contributed by atoms with E-state index < -0.39 is 0 Å². The fourth-order valence-electron chi connectivity index (χ4n) is 3.09. The zero-order chi connectivity index (χ0) is 16.1. The van der Waals surface area contributed by atoms with E-state index in [-0.39, 0.29) is 5.54 Å². The van der Waals surface area contributed by atoms with Crippen LogP contribution in [0.15, 0.2) is 42.7 Å². The number of benzene rings is 1. The third-order valence-electron chi connectivity index (χ3n) is 4.48. The van der Waals surface area contributed by atoms with Crippen molar-refractivity contribution in [1.29, 1.82) is 5.26 Å². The monoisotopic (exact) mass is 307 g/mol. The first-order valence-electron chi connectivity index (χ1n) is 8.06. The van der Waals surface area contributed by atoms with Gasteiger partial charge in [-0.05, 0) is 48.2 Å². The molecule has 1 fully saturated rings. The minimum Gasteiger partial charge on any atom is -0.490 e. The molecule has 0 aliphatic heterocycles. The van der Waals surface area contributed by atoms with Crippen molar-refractivity contribution in [2.24, 2.45) is 5.73 Å². The molecule has 4 nitrogen and oxygen atoms in total. The van der Waals surface area contributed by atoms with Crippen molar-refractivity contribution in [3.63, 3.8) is 0 Å². The van der Waals surface area contributed by atoms with Crippen LogP contribution in [0.5, 0.6) is 5.75 Å². The van der Waals surface area contributed by atoms with E-state index in [1.54, 1.807) is 12.4 Å². The molecule has 0 saturated heterocycles. The van der Waals surface area contributed by atoms with Crippen LogP contribution in [-0.4, -0.2) is 17.1 Å². The number of rotatable bonds is 4. The molecule has 4 heteroatoms. The number of hydrogen-bond donors (Lipinski definition) is 1. The summed E-state index contributed by atoms with van der Waals surface area (Å²) in [4.78, 5) is 4.02. The number of nitrogens with two attached hydrogens (primary N) is 1. The van der Waals surface area contributed by atoms with Crippen molar-refractivity contribution in [2.45, 2.75) is 37.6 Å². The second-order valence-corrected chi connectivity index (χ2v) is 6.27. The van der Waals surface area contributed by atoms with Crippen LogP contribution in [0.2, 0.25) is 0 Å². The van der Waals surface area contributed by atoms with Crippen LogP contribution in [0.1, 0.15) is 37.7 Å². The molecule has 0 bridgehead atoms. The van der Waals surface area contributed by atoms with E-state index in [0.717, 1.165) is 36.8 Å². The van der Waals surface area contributed by atoms with Gasteiger partial charge in [0.25, 0.3) is 0 Å². The number of nitriles is 1. The molecule has 1 aromatic carbocycles. The number of aromatic nitrogens is 1. The second kappa shape index (κ2) is 6.80. The Kier molecular flexibility index (Phi) is 4.59. The molecule has 0 unspecified atom stereocenters. The molecule has 1 aliphatic rings. The molecule has 1 saturated carbocycles. The van der Waals surface area contributed by atoms with Gasteiger partial charge >= 0.3 is 0 Å². The van der Waals surface area contributed by atoms with Crippen molar-refractivity contribution in [3.05, 3.63) is 48.3 Å². The largest absolute Gasteiger partial charge is 0.490 e. The fraction of sp³-hybridized carbons (Fsp3) is 0.368. The van der Waals surface area contributed by atoms with Gasteiger partial charge in [0.05, 0.1) is 11.1 Å². The molecule has 1 heterocycles. The number of pyridine rings is 1. The molecule has 2 aromatic rings. The molecule has 1 aliphatic carbocycles. The zero-order valence-corrected chi connectivity index (χ0v) is 13.2. The van der Waals surface area contributed by atoms with Crippen molar-refractivity contribution >= 4 is 0 Å². The van der Waals surface area contributed by atoms with E-state index in [2.05, 4.69) is 11.1 Å². The van der Waals surface area contributed by atoms with Crippen molar-refractivity contribution in [3.8, 4) is 22.9 Å². The molecule has 0 radical (unpaired) electrons. The predicted octanol–water partition coefficient (Wildman–Crippen LogP) is 3.66. The summed E-state index contributed by atoms with van der Waals surface area (Å²) in [7, 11) is 0. The van der Waals surface area contributed by atoms with Gasteiger partial charge in [0, 0.05) is 12.4 Å². The normalized spacial score (nSPS) is 16.5. The lowest BCUT2D eigenvalue weighted by Crippen LogP contribution is -2.47. The summed E-state index contributed by atoms with van der Waals surface area (Å²) >= 11 is 0. The number of nitrogens with zero attached hydrogens (tertiary/aromatic N) is 2. The maximum Gasteiger partial charge on any atom is 0.137 e. The van der Waals surface area contributed by atoms with Crippen LogP contribution in [0.25, 0.3) is 11.1 Å². The first kappa shape index (κ1) is 15.5. The van der Waals surface area contributed by atoms with Crippen LogP contribution in [0, 0.1) is 11.3 Å².